The van der Waals surface area contributed by atoms with Gasteiger partial charge in [-0.05, 0) is 55.3 Å². The van der Waals surface area contributed by atoms with Gasteiger partial charge in [0.25, 0.3) is 5.91 Å². The number of piperazine rings is 1. The number of nitrogens with one attached hydrogen (secondary N) is 1. The van der Waals surface area contributed by atoms with E-state index in [-0.39, 0.29) is 17.8 Å². The summed E-state index contributed by atoms with van der Waals surface area (Å²) in [4.78, 5) is 18.0. The van der Waals surface area contributed by atoms with Crippen LogP contribution < -0.4 is 15.0 Å². The van der Waals surface area contributed by atoms with Crippen LogP contribution in [-0.2, 0) is 4.79 Å². The van der Waals surface area contributed by atoms with Gasteiger partial charge in [-0.15, -0.1) is 0 Å². The van der Waals surface area contributed by atoms with E-state index < -0.39 is 0 Å². The fraction of sp³-hybridized carbons (Fsp3) is 0.357. The lowest BCUT2D eigenvalue weighted by Gasteiger charge is -2.38. The van der Waals surface area contributed by atoms with Crippen LogP contribution in [0.4, 0.5) is 15.9 Å². The number of carbonyl (C=O) groups is 1. The topological polar surface area (TPSA) is 62.6 Å². The minimum atomic E-state index is -0.330. The van der Waals surface area contributed by atoms with Gasteiger partial charge in [0.05, 0.1) is 18.4 Å². The van der Waals surface area contributed by atoms with Crippen LogP contribution in [0.5, 0.6) is 5.75 Å². The molecule has 2 aliphatic rings. The van der Waals surface area contributed by atoms with Crippen molar-refractivity contribution in [3.8, 4) is 5.75 Å². The van der Waals surface area contributed by atoms with Gasteiger partial charge in [0.1, 0.15) is 23.4 Å². The number of nitrogens with zero attached hydrogens (tertiary/aromatic N) is 4. The molecule has 1 N–H and O–H groups in total. The van der Waals surface area contributed by atoms with Crippen LogP contribution in [0.3, 0.4) is 0 Å². The van der Waals surface area contributed by atoms with Crippen molar-refractivity contribution in [3.63, 3.8) is 0 Å². The summed E-state index contributed by atoms with van der Waals surface area (Å²) < 4.78 is 21.0. The van der Waals surface area contributed by atoms with Crippen LogP contribution in [-0.4, -0.2) is 53.4 Å². The Morgan fingerprint density at radius 3 is 2.47 bits per heavy atom. The van der Waals surface area contributed by atoms with Crippen LogP contribution in [0.2, 0.25) is 0 Å². The number of carbonyl (C=O) groups excluding carboxylic acids is 1. The molecule has 5 rings (SSSR count). The maximum atomic E-state index is 13.9. The summed E-state index contributed by atoms with van der Waals surface area (Å²) in [5, 5.41) is 7.91. The predicted octanol–water partition coefficient (Wildman–Crippen LogP) is 4.84. The van der Waals surface area contributed by atoms with Crippen molar-refractivity contribution in [1.82, 2.24) is 14.7 Å². The molecule has 1 atom stereocenters. The maximum Gasteiger partial charge on any atom is 0.254 e. The summed E-state index contributed by atoms with van der Waals surface area (Å²) in [5.74, 6) is 1.45. The Balaban J connectivity index is 1.36. The summed E-state index contributed by atoms with van der Waals surface area (Å²) in [7, 11) is 0. The van der Waals surface area contributed by atoms with Crippen molar-refractivity contribution in [1.29, 1.82) is 0 Å². The number of hydrogen-bond donors (Lipinski definition) is 1. The molecule has 1 unspecified atom stereocenters. The zero-order valence-corrected chi connectivity index (χ0v) is 20.8. The van der Waals surface area contributed by atoms with Crippen molar-refractivity contribution in [3.05, 3.63) is 83.4 Å². The summed E-state index contributed by atoms with van der Waals surface area (Å²) >= 11 is 0. The molecule has 2 aliphatic heterocycles. The van der Waals surface area contributed by atoms with E-state index in [4.69, 9.17) is 4.74 Å². The van der Waals surface area contributed by atoms with Gasteiger partial charge >= 0.3 is 0 Å². The molecule has 1 aromatic heterocycles. The molecule has 188 valence electrons. The van der Waals surface area contributed by atoms with Crippen LogP contribution in [0.15, 0.2) is 72.1 Å². The van der Waals surface area contributed by atoms with Crippen molar-refractivity contribution >= 4 is 17.4 Å². The zero-order valence-electron chi connectivity index (χ0n) is 20.8. The van der Waals surface area contributed by atoms with E-state index in [2.05, 4.69) is 22.2 Å². The van der Waals surface area contributed by atoms with Gasteiger partial charge in [-0.25, -0.2) is 9.07 Å². The molecular weight excluding hydrogens is 457 g/mol. The summed E-state index contributed by atoms with van der Waals surface area (Å²) in [6, 6.07) is 16.1. The molecule has 3 aromatic rings. The number of ether oxygens (including phenoxy) is 1. The minimum absolute atomic E-state index is 0.00757. The highest BCUT2D eigenvalue weighted by Crippen LogP contribution is 2.37. The Morgan fingerprint density at radius 2 is 1.78 bits per heavy atom. The normalized spacial score (nSPS) is 17.6. The molecule has 3 heterocycles. The van der Waals surface area contributed by atoms with Gasteiger partial charge in [-0.2, -0.15) is 5.10 Å². The second kappa shape index (κ2) is 10.4. The van der Waals surface area contributed by atoms with E-state index in [1.807, 2.05) is 46.8 Å². The quantitative estimate of drug-likeness (QED) is 0.482. The lowest BCUT2D eigenvalue weighted by molar-refractivity contribution is -0.128. The molecule has 0 bridgehead atoms. The Bertz CT molecular complexity index is 1230. The fourth-order valence-corrected chi connectivity index (χ4v) is 4.86. The number of allylic oxidation sites excluding steroid dienone is 1. The molecular formula is C28H32FN5O2. The van der Waals surface area contributed by atoms with Crippen molar-refractivity contribution in [2.75, 3.05) is 43.0 Å². The summed E-state index contributed by atoms with van der Waals surface area (Å²) in [6.07, 6.45) is 3.85. The first kappa shape index (κ1) is 23.9. The molecule has 0 spiro atoms. The molecule has 1 saturated heterocycles. The SMILES string of the molecule is CCCCOc1ccc(C2C(C(=O)N3CCN(c4ccc(F)cc4)CC3)=C(C)Nc3ccnn32)cc1. The highest BCUT2D eigenvalue weighted by atomic mass is 19.1. The molecule has 36 heavy (non-hydrogen) atoms. The monoisotopic (exact) mass is 489 g/mol. The minimum Gasteiger partial charge on any atom is -0.494 e. The van der Waals surface area contributed by atoms with Gasteiger partial charge in [-0.3, -0.25) is 4.79 Å². The van der Waals surface area contributed by atoms with Gasteiger partial charge < -0.3 is 19.9 Å². The largest absolute Gasteiger partial charge is 0.494 e. The number of fused-ring (bicyclic) bond motifs is 1. The first-order chi connectivity index (χ1) is 17.5. The first-order valence-electron chi connectivity index (χ1n) is 12.6. The molecule has 1 amide bonds. The number of benzene rings is 2. The third-order valence-electron chi connectivity index (χ3n) is 6.86. The number of aromatic nitrogens is 2. The molecule has 0 saturated carbocycles. The average Bonchev–Trinajstić information content (AvgIpc) is 3.37. The molecule has 0 radical (unpaired) electrons. The number of anilines is 2. The lowest BCUT2D eigenvalue weighted by Crippen LogP contribution is -2.50. The number of unbranched alkanes of at least 4 members (excludes halogenated alkanes) is 1. The fourth-order valence-electron chi connectivity index (χ4n) is 4.86. The summed E-state index contributed by atoms with van der Waals surface area (Å²) in [5.41, 5.74) is 3.48. The molecule has 0 aliphatic carbocycles. The molecule has 1 fully saturated rings. The Hall–Kier alpha value is -3.81. The smallest absolute Gasteiger partial charge is 0.254 e. The second-order valence-electron chi connectivity index (χ2n) is 9.25. The number of amides is 1. The van der Waals surface area contributed by atoms with Crippen LogP contribution in [0.1, 0.15) is 38.3 Å². The van der Waals surface area contributed by atoms with Crippen LogP contribution in [0, 0.1) is 5.82 Å². The Kier molecular flexibility index (Phi) is 6.93. The third kappa shape index (κ3) is 4.80. The molecule has 7 nitrogen and oxygen atoms in total. The number of hydrogen-bond acceptors (Lipinski definition) is 5. The van der Waals surface area contributed by atoms with E-state index in [9.17, 15) is 9.18 Å². The van der Waals surface area contributed by atoms with E-state index in [0.717, 1.165) is 41.4 Å². The molecule has 2 aromatic carbocycles. The highest BCUT2D eigenvalue weighted by Gasteiger charge is 2.35. The average molecular weight is 490 g/mol. The third-order valence-corrected chi connectivity index (χ3v) is 6.86. The van der Waals surface area contributed by atoms with Crippen molar-refractivity contribution < 1.29 is 13.9 Å². The maximum absolute atomic E-state index is 13.9. The standard InChI is InChI=1S/C28H32FN5O2/c1-3-4-19-36-24-11-5-21(6-12-24)27-26(20(2)31-25-13-14-30-34(25)27)28(35)33-17-15-32(16-18-33)23-9-7-22(29)8-10-23/h5-14,27,31H,3-4,15-19H2,1-2H3. The zero-order chi connectivity index (χ0) is 25.1. The van der Waals surface area contributed by atoms with Crippen LogP contribution >= 0.6 is 0 Å². The summed E-state index contributed by atoms with van der Waals surface area (Å²) in [6.45, 7) is 7.36. The van der Waals surface area contributed by atoms with Gasteiger partial charge in [0, 0.05) is 43.6 Å². The van der Waals surface area contributed by atoms with E-state index >= 15 is 0 Å². The van der Waals surface area contributed by atoms with E-state index in [1.165, 1.54) is 12.1 Å². The van der Waals surface area contributed by atoms with Gasteiger partial charge in [0.15, 0.2) is 0 Å². The highest BCUT2D eigenvalue weighted by molar-refractivity contribution is 5.97. The van der Waals surface area contributed by atoms with E-state index in [1.54, 1.807) is 18.3 Å². The number of rotatable bonds is 7. The lowest BCUT2D eigenvalue weighted by atomic mass is 9.94. The Morgan fingerprint density at radius 1 is 1.06 bits per heavy atom. The van der Waals surface area contributed by atoms with Crippen LogP contribution in [0.25, 0.3) is 0 Å². The van der Waals surface area contributed by atoms with Crippen molar-refractivity contribution in [2.24, 2.45) is 0 Å². The Labute approximate surface area is 211 Å². The van der Waals surface area contributed by atoms with Crippen molar-refractivity contribution in [2.45, 2.75) is 32.7 Å². The van der Waals surface area contributed by atoms with Gasteiger partial charge in [-0.1, -0.05) is 25.5 Å². The number of halogens is 1. The predicted molar refractivity (Wildman–Crippen MR) is 139 cm³/mol. The molecule has 8 heteroatoms. The first-order valence-corrected chi connectivity index (χ1v) is 12.6. The van der Waals surface area contributed by atoms with Gasteiger partial charge in [0.2, 0.25) is 0 Å². The second-order valence-corrected chi connectivity index (χ2v) is 9.25. The van der Waals surface area contributed by atoms with E-state index in [0.29, 0.717) is 38.4 Å².